The van der Waals surface area contributed by atoms with Crippen LogP contribution in [0, 0.1) is 0 Å². The Hall–Kier alpha value is -2.83. The summed E-state index contributed by atoms with van der Waals surface area (Å²) in [6.07, 6.45) is -0.760. The van der Waals surface area contributed by atoms with Gasteiger partial charge in [-0.25, -0.2) is 0 Å². The summed E-state index contributed by atoms with van der Waals surface area (Å²) < 4.78 is 24.9. The van der Waals surface area contributed by atoms with Gasteiger partial charge in [0.25, 0.3) is 0 Å². The van der Waals surface area contributed by atoms with Crippen LogP contribution in [0.1, 0.15) is 36.5 Å². The summed E-state index contributed by atoms with van der Waals surface area (Å²) in [5.74, 6) is -0.0554. The van der Waals surface area contributed by atoms with E-state index in [-0.39, 0.29) is 5.78 Å². The van der Waals surface area contributed by atoms with Gasteiger partial charge in [-0.05, 0) is 23.1 Å². The second-order valence-corrected chi connectivity index (χ2v) is 8.83. The lowest BCUT2D eigenvalue weighted by atomic mass is 9.93. The molecule has 1 aliphatic heterocycles. The van der Waals surface area contributed by atoms with Crippen LogP contribution in [-0.4, -0.2) is 36.8 Å². The number of Topliss-reactive ketones (excluding diaryl/α,β-unsaturated/α-hetero) is 1. The van der Waals surface area contributed by atoms with Crippen molar-refractivity contribution in [2.24, 2.45) is 0 Å². The molecule has 1 aliphatic rings. The molecule has 0 saturated carbocycles. The molecular formula is C30H34O5. The van der Waals surface area contributed by atoms with E-state index in [1.807, 2.05) is 91.0 Å². The lowest BCUT2D eigenvalue weighted by Crippen LogP contribution is -2.58. The number of carbonyl (C=O) groups is 1. The number of carbonyl (C=O) groups excluding carboxylic acids is 1. The Balaban J connectivity index is 1.51. The van der Waals surface area contributed by atoms with Crippen molar-refractivity contribution in [2.45, 2.75) is 64.0 Å². The van der Waals surface area contributed by atoms with Gasteiger partial charge in [0.15, 0.2) is 5.78 Å². The molecule has 0 N–H and O–H groups in total. The highest BCUT2D eigenvalue weighted by atomic mass is 16.6. The average Bonchev–Trinajstić information content (AvgIpc) is 2.90. The summed E-state index contributed by atoms with van der Waals surface area (Å²) in [5.41, 5.74) is 3.13. The van der Waals surface area contributed by atoms with Gasteiger partial charge in [-0.1, -0.05) is 104 Å². The summed E-state index contributed by atoms with van der Waals surface area (Å²) in [6, 6.07) is 29.8. The van der Waals surface area contributed by atoms with E-state index in [2.05, 4.69) is 6.92 Å². The maximum Gasteiger partial charge on any atom is 0.192 e. The first-order valence-corrected chi connectivity index (χ1v) is 12.4. The van der Waals surface area contributed by atoms with E-state index in [9.17, 15) is 4.79 Å². The van der Waals surface area contributed by atoms with Crippen LogP contribution >= 0.6 is 0 Å². The Morgan fingerprint density at radius 1 is 0.714 bits per heavy atom. The average molecular weight is 475 g/mol. The molecule has 0 bridgehead atoms. The van der Waals surface area contributed by atoms with Crippen molar-refractivity contribution in [1.29, 1.82) is 0 Å². The smallest absolute Gasteiger partial charge is 0.192 e. The zero-order chi connectivity index (χ0) is 24.3. The van der Waals surface area contributed by atoms with E-state index in [0.29, 0.717) is 32.8 Å². The molecule has 4 atom stereocenters. The third kappa shape index (κ3) is 7.33. The molecule has 0 aliphatic carbocycles. The van der Waals surface area contributed by atoms with E-state index < -0.39 is 24.4 Å². The van der Waals surface area contributed by atoms with Gasteiger partial charge in [-0.3, -0.25) is 4.79 Å². The molecule has 0 radical (unpaired) electrons. The first-order valence-electron chi connectivity index (χ1n) is 12.4. The van der Waals surface area contributed by atoms with Crippen molar-refractivity contribution in [3.05, 3.63) is 108 Å². The van der Waals surface area contributed by atoms with E-state index in [0.717, 1.165) is 23.1 Å². The molecule has 0 spiro atoms. The summed E-state index contributed by atoms with van der Waals surface area (Å²) in [5, 5.41) is 0. The molecule has 0 unspecified atom stereocenters. The molecule has 0 aromatic heterocycles. The predicted molar refractivity (Wildman–Crippen MR) is 135 cm³/mol. The lowest BCUT2D eigenvalue weighted by molar-refractivity contribution is -0.214. The van der Waals surface area contributed by atoms with E-state index in [1.54, 1.807) is 0 Å². The van der Waals surface area contributed by atoms with Gasteiger partial charge >= 0.3 is 0 Å². The maximum atomic E-state index is 13.4. The van der Waals surface area contributed by atoms with Crippen LogP contribution in [-0.2, 0) is 43.6 Å². The van der Waals surface area contributed by atoms with Crippen LogP contribution in [0.3, 0.4) is 0 Å². The first kappa shape index (κ1) is 25.3. The number of ketones is 1. The SMILES string of the molecule is CCC[C@@H]1O[C@H](COCc2ccccc2)[C@@H](OCc2ccccc2)[C@H](OCc2ccccc2)C1=O. The fourth-order valence-corrected chi connectivity index (χ4v) is 4.27. The van der Waals surface area contributed by atoms with Crippen molar-refractivity contribution in [1.82, 2.24) is 0 Å². The van der Waals surface area contributed by atoms with Gasteiger partial charge in [0, 0.05) is 0 Å². The molecule has 1 fully saturated rings. The zero-order valence-corrected chi connectivity index (χ0v) is 20.3. The van der Waals surface area contributed by atoms with Gasteiger partial charge in [-0.2, -0.15) is 0 Å². The summed E-state index contributed by atoms with van der Waals surface area (Å²) in [4.78, 5) is 13.4. The maximum absolute atomic E-state index is 13.4. The van der Waals surface area contributed by atoms with Gasteiger partial charge < -0.3 is 18.9 Å². The van der Waals surface area contributed by atoms with E-state index >= 15 is 0 Å². The Bertz CT molecular complexity index is 1010. The van der Waals surface area contributed by atoms with Crippen LogP contribution < -0.4 is 0 Å². The molecule has 3 aromatic rings. The van der Waals surface area contributed by atoms with Crippen LogP contribution in [0.15, 0.2) is 91.0 Å². The molecule has 0 amide bonds. The van der Waals surface area contributed by atoms with Crippen molar-refractivity contribution in [3.63, 3.8) is 0 Å². The lowest BCUT2D eigenvalue weighted by Gasteiger charge is -2.40. The highest BCUT2D eigenvalue weighted by Crippen LogP contribution is 2.27. The number of rotatable bonds is 12. The largest absolute Gasteiger partial charge is 0.374 e. The number of ether oxygens (including phenoxy) is 4. The fourth-order valence-electron chi connectivity index (χ4n) is 4.27. The summed E-state index contributed by atoms with van der Waals surface area (Å²) in [6.45, 7) is 3.52. The monoisotopic (exact) mass is 474 g/mol. The number of benzene rings is 3. The number of hydrogen-bond donors (Lipinski definition) is 0. The molecule has 35 heavy (non-hydrogen) atoms. The second kappa shape index (κ2) is 13.3. The molecule has 184 valence electrons. The fraction of sp³-hybridized carbons (Fsp3) is 0.367. The standard InChI is InChI=1S/C30H34O5/c1-2-12-26-28(31)30(34-21-25-17-10-5-11-18-25)29(33-20-24-15-8-4-9-16-24)27(35-26)22-32-19-23-13-6-3-7-14-23/h3-11,13-18,26-27,29-30H,2,12,19-22H2,1H3/t26-,27+,29+,30+/m0/s1. The zero-order valence-electron chi connectivity index (χ0n) is 20.3. The number of hydrogen-bond acceptors (Lipinski definition) is 5. The molecule has 5 heteroatoms. The van der Waals surface area contributed by atoms with Gasteiger partial charge in [0.05, 0.1) is 26.4 Å². The van der Waals surface area contributed by atoms with Crippen molar-refractivity contribution >= 4 is 5.78 Å². The van der Waals surface area contributed by atoms with Crippen molar-refractivity contribution < 1.29 is 23.7 Å². The summed E-state index contributed by atoms with van der Waals surface area (Å²) in [7, 11) is 0. The normalized spacial score (nSPS) is 22.3. The van der Waals surface area contributed by atoms with Gasteiger partial charge in [0.1, 0.15) is 24.4 Å². The molecular weight excluding hydrogens is 440 g/mol. The second-order valence-electron chi connectivity index (χ2n) is 8.83. The third-order valence-electron chi connectivity index (χ3n) is 6.10. The van der Waals surface area contributed by atoms with Crippen molar-refractivity contribution in [3.8, 4) is 0 Å². The van der Waals surface area contributed by atoms with Crippen LogP contribution in [0.4, 0.5) is 0 Å². The Kier molecular flexibility index (Phi) is 9.61. The molecule has 4 rings (SSSR count). The van der Waals surface area contributed by atoms with Crippen molar-refractivity contribution in [2.75, 3.05) is 6.61 Å². The molecule has 3 aromatic carbocycles. The van der Waals surface area contributed by atoms with Crippen LogP contribution in [0.25, 0.3) is 0 Å². The van der Waals surface area contributed by atoms with E-state index in [1.165, 1.54) is 0 Å². The highest BCUT2D eigenvalue weighted by Gasteiger charge is 2.46. The van der Waals surface area contributed by atoms with Crippen LogP contribution in [0.5, 0.6) is 0 Å². The Morgan fingerprint density at radius 3 is 1.77 bits per heavy atom. The van der Waals surface area contributed by atoms with E-state index in [4.69, 9.17) is 18.9 Å². The quantitative estimate of drug-likeness (QED) is 0.346. The molecule has 1 saturated heterocycles. The highest BCUT2D eigenvalue weighted by molar-refractivity contribution is 5.88. The first-order chi connectivity index (χ1) is 17.2. The predicted octanol–water partition coefficient (Wildman–Crippen LogP) is 5.51. The third-order valence-corrected chi connectivity index (χ3v) is 6.10. The minimum atomic E-state index is -0.727. The topological polar surface area (TPSA) is 54.0 Å². The van der Waals surface area contributed by atoms with Gasteiger partial charge in [-0.15, -0.1) is 0 Å². The molecule has 5 nitrogen and oxygen atoms in total. The molecule has 1 heterocycles. The van der Waals surface area contributed by atoms with Gasteiger partial charge in [0.2, 0.25) is 0 Å². The summed E-state index contributed by atoms with van der Waals surface area (Å²) >= 11 is 0. The minimum Gasteiger partial charge on any atom is -0.374 e. The Labute approximate surface area is 208 Å². The van der Waals surface area contributed by atoms with Crippen LogP contribution in [0.2, 0.25) is 0 Å². The Morgan fingerprint density at radius 2 is 1.23 bits per heavy atom. The minimum absolute atomic E-state index is 0.0554.